The van der Waals surface area contributed by atoms with Crippen molar-refractivity contribution in [1.82, 2.24) is 0 Å². The molecule has 0 aliphatic heterocycles. The van der Waals surface area contributed by atoms with Gasteiger partial charge in [-0.2, -0.15) is 4.57 Å². The van der Waals surface area contributed by atoms with Crippen LogP contribution in [0.1, 0.15) is 12.6 Å². The van der Waals surface area contributed by atoms with Gasteiger partial charge < -0.3 is 0 Å². The molecule has 1 aromatic rings. The normalized spacial score (nSPS) is 10.4. The summed E-state index contributed by atoms with van der Waals surface area (Å²) in [5.74, 6) is 0. The van der Waals surface area contributed by atoms with Crippen LogP contribution in [0.25, 0.3) is 6.20 Å². The summed E-state index contributed by atoms with van der Waals surface area (Å²) in [6, 6.07) is 6.14. The van der Waals surface area contributed by atoms with Crippen LogP contribution in [-0.2, 0) is 6.42 Å². The van der Waals surface area contributed by atoms with Crippen molar-refractivity contribution in [1.29, 1.82) is 0 Å². The SMILES string of the molecule is C=C[n+]1ccccc1CC=CC. The van der Waals surface area contributed by atoms with E-state index in [1.54, 1.807) is 0 Å². The molecule has 1 nitrogen and oxygen atoms in total. The number of hydrogen-bond acceptors (Lipinski definition) is 0. The molecule has 0 amide bonds. The van der Waals surface area contributed by atoms with Crippen molar-refractivity contribution in [2.24, 2.45) is 0 Å². The highest BCUT2D eigenvalue weighted by atomic mass is 14.9. The second-order valence-electron chi connectivity index (χ2n) is 2.55. The van der Waals surface area contributed by atoms with Gasteiger partial charge in [-0.1, -0.05) is 18.2 Å². The summed E-state index contributed by atoms with van der Waals surface area (Å²) < 4.78 is 2.03. The van der Waals surface area contributed by atoms with Gasteiger partial charge in [-0.15, -0.1) is 0 Å². The van der Waals surface area contributed by atoms with Crippen LogP contribution in [-0.4, -0.2) is 0 Å². The van der Waals surface area contributed by atoms with Crippen LogP contribution in [0.3, 0.4) is 0 Å². The van der Waals surface area contributed by atoms with Crippen LogP contribution in [0.4, 0.5) is 0 Å². The number of allylic oxidation sites excluding steroid dienone is 2. The zero-order chi connectivity index (χ0) is 8.81. The van der Waals surface area contributed by atoms with Gasteiger partial charge in [-0.05, 0) is 13.5 Å². The van der Waals surface area contributed by atoms with E-state index in [-0.39, 0.29) is 0 Å². The molecule has 0 N–H and O–H groups in total. The highest BCUT2D eigenvalue weighted by Gasteiger charge is 2.01. The van der Waals surface area contributed by atoms with Crippen molar-refractivity contribution in [3.63, 3.8) is 0 Å². The highest BCUT2D eigenvalue weighted by Crippen LogP contribution is 1.94. The van der Waals surface area contributed by atoms with Crippen molar-refractivity contribution in [3.8, 4) is 0 Å². The fraction of sp³-hybridized carbons (Fsp3) is 0.182. The molecule has 0 saturated heterocycles. The minimum atomic E-state index is 0.962. The van der Waals surface area contributed by atoms with Gasteiger partial charge in [0.15, 0.2) is 18.1 Å². The first-order valence-electron chi connectivity index (χ1n) is 4.11. The summed E-state index contributed by atoms with van der Waals surface area (Å²) >= 11 is 0. The molecule has 12 heavy (non-hydrogen) atoms. The largest absolute Gasteiger partial charge is 0.190 e. The second kappa shape index (κ2) is 4.50. The topological polar surface area (TPSA) is 3.88 Å². The number of hydrogen-bond donors (Lipinski definition) is 0. The minimum absolute atomic E-state index is 0.962. The van der Waals surface area contributed by atoms with Crippen molar-refractivity contribution < 1.29 is 4.57 Å². The predicted molar refractivity (Wildman–Crippen MR) is 51.5 cm³/mol. The maximum atomic E-state index is 3.74. The molecule has 1 heteroatoms. The second-order valence-corrected chi connectivity index (χ2v) is 2.55. The Kier molecular flexibility index (Phi) is 3.27. The van der Waals surface area contributed by atoms with Crippen LogP contribution < -0.4 is 4.57 Å². The van der Waals surface area contributed by atoms with Gasteiger partial charge in [0.1, 0.15) is 0 Å². The molecule has 0 bridgehead atoms. The molecule has 0 saturated carbocycles. The molecule has 0 aliphatic carbocycles. The summed E-state index contributed by atoms with van der Waals surface area (Å²) in [6.45, 7) is 5.77. The molecular formula is C11H14N+. The van der Waals surface area contributed by atoms with Gasteiger partial charge in [0.05, 0.1) is 6.42 Å². The molecule has 0 aliphatic rings. The van der Waals surface area contributed by atoms with Crippen LogP contribution >= 0.6 is 0 Å². The van der Waals surface area contributed by atoms with E-state index in [4.69, 9.17) is 0 Å². The Labute approximate surface area is 73.7 Å². The van der Waals surface area contributed by atoms with Crippen LogP contribution in [0.15, 0.2) is 43.1 Å². The monoisotopic (exact) mass is 160 g/mol. The fourth-order valence-corrected chi connectivity index (χ4v) is 1.08. The number of rotatable bonds is 3. The van der Waals surface area contributed by atoms with Crippen molar-refractivity contribution in [2.75, 3.05) is 0 Å². The summed E-state index contributed by atoms with van der Waals surface area (Å²) in [5, 5.41) is 0. The van der Waals surface area contributed by atoms with Crippen LogP contribution in [0.2, 0.25) is 0 Å². The van der Waals surface area contributed by atoms with E-state index in [1.165, 1.54) is 5.69 Å². The first-order valence-corrected chi connectivity index (χ1v) is 4.11. The number of pyridine rings is 1. The molecular weight excluding hydrogens is 146 g/mol. The standard InChI is InChI=1S/C11H14N/c1-3-5-8-11-9-6-7-10-12(11)4-2/h3-7,9-10H,2,8H2,1H3/q+1. The Morgan fingerprint density at radius 2 is 2.33 bits per heavy atom. The molecule has 0 aromatic carbocycles. The fourth-order valence-electron chi connectivity index (χ4n) is 1.08. The molecule has 0 fully saturated rings. The third-order valence-corrected chi connectivity index (χ3v) is 1.74. The Hall–Kier alpha value is -1.37. The van der Waals surface area contributed by atoms with E-state index < -0.39 is 0 Å². The van der Waals surface area contributed by atoms with E-state index in [9.17, 15) is 0 Å². The lowest BCUT2D eigenvalue weighted by molar-refractivity contribution is -0.576. The molecule has 1 rings (SSSR count). The first-order chi connectivity index (χ1) is 5.88. The predicted octanol–water partition coefficient (Wildman–Crippen LogP) is 2.19. The van der Waals surface area contributed by atoms with Gasteiger partial charge in [0.2, 0.25) is 0 Å². The average molecular weight is 160 g/mol. The summed E-state index contributed by atoms with van der Waals surface area (Å²) in [4.78, 5) is 0. The van der Waals surface area contributed by atoms with Gasteiger partial charge in [-0.25, -0.2) is 0 Å². The maximum Gasteiger partial charge on any atom is 0.190 e. The molecule has 0 spiro atoms. The van der Waals surface area contributed by atoms with Gasteiger partial charge in [0.25, 0.3) is 0 Å². The number of aromatic nitrogens is 1. The summed E-state index contributed by atoms with van der Waals surface area (Å²) in [5.41, 5.74) is 1.26. The van der Waals surface area contributed by atoms with E-state index >= 15 is 0 Å². The lowest BCUT2D eigenvalue weighted by Gasteiger charge is -1.93. The average Bonchev–Trinajstić information content (AvgIpc) is 2.15. The molecule has 1 aromatic heterocycles. The Balaban J connectivity index is 2.89. The molecule has 0 radical (unpaired) electrons. The van der Waals surface area contributed by atoms with E-state index in [2.05, 4.69) is 24.8 Å². The molecule has 62 valence electrons. The van der Waals surface area contributed by atoms with Crippen molar-refractivity contribution in [3.05, 3.63) is 48.8 Å². The first kappa shape index (κ1) is 8.72. The lowest BCUT2D eigenvalue weighted by atomic mass is 10.2. The van der Waals surface area contributed by atoms with E-state index in [1.807, 2.05) is 36.0 Å². The Morgan fingerprint density at radius 1 is 1.50 bits per heavy atom. The molecule has 0 atom stereocenters. The van der Waals surface area contributed by atoms with E-state index in [0.29, 0.717) is 0 Å². The van der Waals surface area contributed by atoms with Gasteiger partial charge in [0, 0.05) is 12.1 Å². The lowest BCUT2D eigenvalue weighted by Crippen LogP contribution is -2.30. The van der Waals surface area contributed by atoms with Crippen molar-refractivity contribution in [2.45, 2.75) is 13.3 Å². The molecule has 1 heterocycles. The smallest absolute Gasteiger partial charge is 0.171 e. The zero-order valence-electron chi connectivity index (χ0n) is 7.40. The van der Waals surface area contributed by atoms with E-state index in [0.717, 1.165) is 6.42 Å². The third kappa shape index (κ3) is 2.06. The van der Waals surface area contributed by atoms with Crippen LogP contribution in [0.5, 0.6) is 0 Å². The minimum Gasteiger partial charge on any atom is -0.171 e. The third-order valence-electron chi connectivity index (χ3n) is 1.74. The number of nitrogens with zero attached hydrogens (tertiary/aromatic N) is 1. The van der Waals surface area contributed by atoms with Gasteiger partial charge >= 0.3 is 0 Å². The highest BCUT2D eigenvalue weighted by molar-refractivity contribution is 5.07. The summed E-state index contributed by atoms with van der Waals surface area (Å²) in [6.07, 6.45) is 8.98. The molecule has 0 unspecified atom stereocenters. The van der Waals surface area contributed by atoms with Gasteiger partial charge in [-0.3, -0.25) is 0 Å². The Bertz CT molecular complexity index is 287. The van der Waals surface area contributed by atoms with Crippen LogP contribution in [0, 0.1) is 0 Å². The summed E-state index contributed by atoms with van der Waals surface area (Å²) in [7, 11) is 0. The van der Waals surface area contributed by atoms with Crippen molar-refractivity contribution >= 4 is 6.20 Å². The quantitative estimate of drug-likeness (QED) is 0.471. The maximum absolute atomic E-state index is 3.74. The zero-order valence-corrected chi connectivity index (χ0v) is 7.40. The Morgan fingerprint density at radius 3 is 3.00 bits per heavy atom.